The van der Waals surface area contributed by atoms with E-state index in [1.165, 1.54) is 7.11 Å². The van der Waals surface area contributed by atoms with Gasteiger partial charge in [0.05, 0.1) is 19.3 Å². The number of ether oxygens (including phenoxy) is 2. The summed E-state index contributed by atoms with van der Waals surface area (Å²) in [4.78, 5) is 37.3. The van der Waals surface area contributed by atoms with Crippen LogP contribution in [-0.2, 0) is 9.53 Å². The molecule has 0 bridgehead atoms. The predicted octanol–water partition coefficient (Wildman–Crippen LogP) is 3.66. The molecule has 2 amide bonds. The molecule has 0 heterocycles. The van der Waals surface area contributed by atoms with Crippen LogP contribution in [0.5, 0.6) is 5.75 Å². The number of amides is 2. The molecular formula is C23H28N2O5. The molecule has 160 valence electrons. The van der Waals surface area contributed by atoms with E-state index in [4.69, 9.17) is 9.47 Å². The Balaban J connectivity index is 2.11. The Hall–Kier alpha value is -3.35. The molecule has 2 atom stereocenters. The Morgan fingerprint density at radius 2 is 1.70 bits per heavy atom. The zero-order valence-corrected chi connectivity index (χ0v) is 17.7. The van der Waals surface area contributed by atoms with E-state index in [2.05, 4.69) is 10.6 Å². The monoisotopic (exact) mass is 412 g/mol. The van der Waals surface area contributed by atoms with E-state index in [1.54, 1.807) is 55.5 Å². The van der Waals surface area contributed by atoms with Crippen LogP contribution in [-0.4, -0.2) is 37.5 Å². The maximum absolute atomic E-state index is 12.9. The first kappa shape index (κ1) is 22.9. The summed E-state index contributed by atoms with van der Waals surface area (Å²) in [5.74, 6) is -0.623. The normalized spacial score (nSPS) is 12.4. The summed E-state index contributed by atoms with van der Waals surface area (Å²) >= 11 is 0. The van der Waals surface area contributed by atoms with Crippen molar-refractivity contribution in [2.24, 2.45) is 5.92 Å². The minimum absolute atomic E-state index is 0.0848. The lowest BCUT2D eigenvalue weighted by molar-refractivity contribution is -0.119. The number of hydrogen-bond acceptors (Lipinski definition) is 5. The minimum Gasteiger partial charge on any atom is -0.497 e. The lowest BCUT2D eigenvalue weighted by atomic mass is 9.97. The summed E-state index contributed by atoms with van der Waals surface area (Å²) in [7, 11) is 1.53. The van der Waals surface area contributed by atoms with E-state index in [-0.39, 0.29) is 17.7 Å². The summed E-state index contributed by atoms with van der Waals surface area (Å²) in [5, 5.41) is 5.63. The van der Waals surface area contributed by atoms with Crippen molar-refractivity contribution in [2.45, 2.75) is 33.2 Å². The average molecular weight is 412 g/mol. The molecule has 0 radical (unpaired) electrons. The fourth-order valence-corrected chi connectivity index (χ4v) is 2.81. The van der Waals surface area contributed by atoms with Gasteiger partial charge < -0.3 is 20.1 Å². The van der Waals surface area contributed by atoms with Gasteiger partial charge in [-0.05, 0) is 55.3 Å². The number of methoxy groups -OCH3 is 1. The fraction of sp³-hybridized carbons (Fsp3) is 0.348. The second kappa shape index (κ2) is 11.0. The first-order chi connectivity index (χ1) is 14.4. The first-order valence-corrected chi connectivity index (χ1v) is 9.92. The van der Waals surface area contributed by atoms with Gasteiger partial charge in [0.1, 0.15) is 11.8 Å². The van der Waals surface area contributed by atoms with Crippen LogP contribution in [0.4, 0.5) is 5.69 Å². The fourth-order valence-electron chi connectivity index (χ4n) is 2.81. The van der Waals surface area contributed by atoms with Gasteiger partial charge in [0.2, 0.25) is 5.91 Å². The average Bonchev–Trinajstić information content (AvgIpc) is 2.77. The van der Waals surface area contributed by atoms with Crippen LogP contribution in [0.3, 0.4) is 0 Å². The van der Waals surface area contributed by atoms with Crippen molar-refractivity contribution in [1.82, 2.24) is 5.32 Å². The largest absolute Gasteiger partial charge is 0.497 e. The van der Waals surface area contributed by atoms with E-state index >= 15 is 0 Å². The molecule has 2 N–H and O–H groups in total. The summed E-state index contributed by atoms with van der Waals surface area (Å²) in [6, 6.07) is 12.4. The molecule has 7 nitrogen and oxygen atoms in total. The predicted molar refractivity (Wildman–Crippen MR) is 115 cm³/mol. The number of rotatable bonds is 9. The maximum atomic E-state index is 12.9. The molecule has 0 aromatic heterocycles. The van der Waals surface area contributed by atoms with Gasteiger partial charge in [-0.3, -0.25) is 9.59 Å². The summed E-state index contributed by atoms with van der Waals surface area (Å²) in [5.41, 5.74) is 1.34. The van der Waals surface area contributed by atoms with Crippen LogP contribution >= 0.6 is 0 Å². The summed E-state index contributed by atoms with van der Waals surface area (Å²) in [6.07, 6.45) is 0.707. The van der Waals surface area contributed by atoms with Gasteiger partial charge in [0.15, 0.2) is 0 Å². The highest BCUT2D eigenvalue weighted by molar-refractivity contribution is 6.01. The molecule has 0 saturated carbocycles. The Bertz CT molecular complexity index is 879. The molecule has 0 fully saturated rings. The number of benzene rings is 2. The van der Waals surface area contributed by atoms with E-state index in [9.17, 15) is 14.4 Å². The molecule has 0 spiro atoms. The quantitative estimate of drug-likeness (QED) is 0.613. The number of anilines is 1. The van der Waals surface area contributed by atoms with Gasteiger partial charge in [0, 0.05) is 11.3 Å². The molecular weight excluding hydrogens is 384 g/mol. The van der Waals surface area contributed by atoms with Crippen molar-refractivity contribution in [3.8, 4) is 5.75 Å². The second-order valence-electron chi connectivity index (χ2n) is 6.86. The molecule has 0 saturated heterocycles. The summed E-state index contributed by atoms with van der Waals surface area (Å²) in [6.45, 7) is 5.89. The van der Waals surface area contributed by atoms with Crippen LogP contribution < -0.4 is 15.4 Å². The van der Waals surface area contributed by atoms with Gasteiger partial charge in [-0.2, -0.15) is 0 Å². The van der Waals surface area contributed by atoms with Crippen molar-refractivity contribution < 1.29 is 23.9 Å². The lowest BCUT2D eigenvalue weighted by Gasteiger charge is -2.23. The highest BCUT2D eigenvalue weighted by Gasteiger charge is 2.26. The van der Waals surface area contributed by atoms with Crippen molar-refractivity contribution in [3.63, 3.8) is 0 Å². The molecule has 0 aliphatic carbocycles. The van der Waals surface area contributed by atoms with Crippen LogP contribution in [0, 0.1) is 5.92 Å². The Morgan fingerprint density at radius 3 is 2.30 bits per heavy atom. The van der Waals surface area contributed by atoms with Crippen LogP contribution in [0.15, 0.2) is 48.5 Å². The van der Waals surface area contributed by atoms with E-state index < -0.39 is 12.0 Å². The minimum atomic E-state index is -0.724. The van der Waals surface area contributed by atoms with Gasteiger partial charge in [-0.1, -0.05) is 26.3 Å². The highest BCUT2D eigenvalue weighted by atomic mass is 16.5. The standard InChI is InChI=1S/C23H28N2O5/c1-5-15(3)20(25-21(26)17-8-7-9-19(14-17)29-4)22(27)24-18-12-10-16(11-13-18)23(28)30-6-2/h7-15,20H,5-6H2,1-4H3,(H,24,27)(H,25,26)/t15-,20-/m0/s1. The highest BCUT2D eigenvalue weighted by Crippen LogP contribution is 2.16. The third-order valence-electron chi connectivity index (χ3n) is 4.78. The Labute approximate surface area is 176 Å². The van der Waals surface area contributed by atoms with Gasteiger partial charge in [-0.15, -0.1) is 0 Å². The van der Waals surface area contributed by atoms with Crippen molar-refractivity contribution in [1.29, 1.82) is 0 Å². The van der Waals surface area contributed by atoms with Crippen molar-refractivity contribution in [3.05, 3.63) is 59.7 Å². The second-order valence-corrected chi connectivity index (χ2v) is 6.86. The molecule has 0 unspecified atom stereocenters. The molecule has 2 aromatic carbocycles. The molecule has 0 aliphatic rings. The number of carbonyl (C=O) groups excluding carboxylic acids is 3. The number of nitrogens with one attached hydrogen (secondary N) is 2. The third-order valence-corrected chi connectivity index (χ3v) is 4.78. The molecule has 2 rings (SSSR count). The van der Waals surface area contributed by atoms with Gasteiger partial charge >= 0.3 is 5.97 Å². The number of esters is 1. The molecule has 2 aromatic rings. The first-order valence-electron chi connectivity index (χ1n) is 9.92. The van der Waals surface area contributed by atoms with Crippen LogP contribution in [0.1, 0.15) is 47.9 Å². The Morgan fingerprint density at radius 1 is 1.00 bits per heavy atom. The summed E-state index contributed by atoms with van der Waals surface area (Å²) < 4.78 is 10.1. The molecule has 30 heavy (non-hydrogen) atoms. The maximum Gasteiger partial charge on any atom is 0.338 e. The molecule has 7 heteroatoms. The topological polar surface area (TPSA) is 93.7 Å². The van der Waals surface area contributed by atoms with E-state index in [0.717, 1.165) is 0 Å². The third kappa shape index (κ3) is 6.07. The smallest absolute Gasteiger partial charge is 0.338 e. The van der Waals surface area contributed by atoms with Crippen LogP contribution in [0.25, 0.3) is 0 Å². The van der Waals surface area contributed by atoms with Crippen LogP contribution in [0.2, 0.25) is 0 Å². The SMILES string of the molecule is CCOC(=O)c1ccc(NC(=O)[C@@H](NC(=O)c2cccc(OC)c2)[C@@H](C)CC)cc1. The number of hydrogen-bond donors (Lipinski definition) is 2. The number of carbonyl (C=O) groups is 3. The van der Waals surface area contributed by atoms with Crippen molar-refractivity contribution >= 4 is 23.5 Å². The molecule has 0 aliphatic heterocycles. The zero-order valence-electron chi connectivity index (χ0n) is 17.7. The Kier molecular flexibility index (Phi) is 8.41. The van der Waals surface area contributed by atoms with E-state index in [1.807, 2.05) is 13.8 Å². The van der Waals surface area contributed by atoms with Gasteiger partial charge in [-0.25, -0.2) is 4.79 Å². The van der Waals surface area contributed by atoms with Crippen molar-refractivity contribution in [2.75, 3.05) is 19.0 Å². The lowest BCUT2D eigenvalue weighted by Crippen LogP contribution is -2.47. The van der Waals surface area contributed by atoms with E-state index in [0.29, 0.717) is 35.6 Å². The van der Waals surface area contributed by atoms with Gasteiger partial charge in [0.25, 0.3) is 5.91 Å². The zero-order chi connectivity index (χ0) is 22.1.